The van der Waals surface area contributed by atoms with Crippen molar-refractivity contribution in [1.29, 1.82) is 0 Å². The summed E-state index contributed by atoms with van der Waals surface area (Å²) in [7, 11) is 0. The lowest BCUT2D eigenvalue weighted by molar-refractivity contribution is -0.384. The number of non-ortho nitro benzene ring substituents is 1. The lowest BCUT2D eigenvalue weighted by Crippen LogP contribution is -2.05. The van der Waals surface area contributed by atoms with Crippen LogP contribution in [0, 0.1) is 24.0 Å². The molecule has 0 unspecified atom stereocenters. The van der Waals surface area contributed by atoms with Crippen LogP contribution in [0.1, 0.15) is 43.2 Å². The number of aryl methyl sites for hydroxylation is 2. The van der Waals surface area contributed by atoms with E-state index in [2.05, 4.69) is 21.1 Å². The van der Waals surface area contributed by atoms with E-state index in [0.29, 0.717) is 5.69 Å². The fourth-order valence-electron chi connectivity index (χ4n) is 3.16. The summed E-state index contributed by atoms with van der Waals surface area (Å²) in [6.45, 7) is 5.68. The summed E-state index contributed by atoms with van der Waals surface area (Å²) in [6, 6.07) is 10.6. The first kappa shape index (κ1) is 22.4. The summed E-state index contributed by atoms with van der Waals surface area (Å²) >= 11 is 0. The van der Waals surface area contributed by atoms with Crippen molar-refractivity contribution in [3.8, 4) is 0 Å². The molecule has 0 aliphatic heterocycles. The van der Waals surface area contributed by atoms with Gasteiger partial charge in [-0.05, 0) is 62.1 Å². The highest BCUT2D eigenvalue weighted by Crippen LogP contribution is 2.21. The van der Waals surface area contributed by atoms with E-state index in [4.69, 9.17) is 5.26 Å². The molecule has 2 rings (SSSR count). The highest BCUT2D eigenvalue weighted by Gasteiger charge is 2.07. The van der Waals surface area contributed by atoms with E-state index < -0.39 is 0 Å². The molecule has 0 radical (unpaired) electrons. The summed E-state index contributed by atoms with van der Waals surface area (Å²) in [4.78, 5) is 14.3. The van der Waals surface area contributed by atoms with Gasteiger partial charge in [-0.25, -0.2) is 10.7 Å². The van der Waals surface area contributed by atoms with E-state index >= 15 is 0 Å². The summed E-state index contributed by atoms with van der Waals surface area (Å²) in [6.07, 6.45) is 5.68. The predicted octanol–water partition coefficient (Wildman–Crippen LogP) is 5.50. The van der Waals surface area contributed by atoms with Gasteiger partial charge in [0.1, 0.15) is 0 Å². The van der Waals surface area contributed by atoms with Crippen molar-refractivity contribution >= 4 is 22.7 Å². The second-order valence-electron chi connectivity index (χ2n) is 7.10. The molecule has 0 saturated carbocycles. The average molecular weight is 402 g/mol. The van der Waals surface area contributed by atoms with Crippen LogP contribution >= 0.6 is 0 Å². The maximum Gasteiger partial charge on any atom is 0.269 e. The molecule has 0 fully saturated rings. The van der Waals surface area contributed by atoms with Crippen LogP contribution in [0.2, 0.25) is 0 Å². The topological polar surface area (TPSA) is 109 Å². The van der Waals surface area contributed by atoms with Gasteiger partial charge in [-0.1, -0.05) is 19.3 Å². The lowest BCUT2D eigenvalue weighted by atomic mass is 10.1. The largest absolute Gasteiger partial charge is 0.385 e. The van der Waals surface area contributed by atoms with Crippen molar-refractivity contribution in [3.05, 3.63) is 57.6 Å². The van der Waals surface area contributed by atoms with Crippen molar-refractivity contribution < 1.29 is 15.2 Å². The molecule has 0 bridgehead atoms. The molecule has 0 saturated heterocycles. The number of anilines is 3. The number of nitrogens with one attached hydrogen (secondary N) is 3. The Balaban J connectivity index is 1.55. The van der Waals surface area contributed by atoms with E-state index in [1.807, 2.05) is 32.0 Å². The fraction of sp³-hybridized carbons (Fsp3) is 0.429. The molecule has 4 N–H and O–H groups in total. The Kier molecular flexibility index (Phi) is 9.20. The van der Waals surface area contributed by atoms with Gasteiger partial charge in [-0.3, -0.25) is 10.1 Å². The Morgan fingerprint density at radius 1 is 0.897 bits per heavy atom. The third-order valence-electron chi connectivity index (χ3n) is 4.80. The normalized spacial score (nSPS) is 10.6. The Labute approximate surface area is 171 Å². The van der Waals surface area contributed by atoms with Gasteiger partial charge >= 0.3 is 0 Å². The van der Waals surface area contributed by atoms with Crippen molar-refractivity contribution in [2.45, 2.75) is 46.0 Å². The number of hydrogen-bond donors (Lipinski definition) is 4. The molecule has 8 nitrogen and oxygen atoms in total. The zero-order valence-electron chi connectivity index (χ0n) is 17.0. The molecule has 2 aromatic carbocycles. The Bertz CT molecular complexity index is 798. The van der Waals surface area contributed by atoms with E-state index in [9.17, 15) is 10.1 Å². The predicted molar refractivity (Wildman–Crippen MR) is 116 cm³/mol. The van der Waals surface area contributed by atoms with E-state index in [0.717, 1.165) is 54.9 Å². The molecule has 0 aliphatic rings. The zero-order valence-corrected chi connectivity index (χ0v) is 17.0. The van der Waals surface area contributed by atoms with Crippen LogP contribution in [-0.4, -0.2) is 23.3 Å². The molecule has 0 spiro atoms. The summed E-state index contributed by atoms with van der Waals surface area (Å²) in [5, 5.41) is 26.0. The quantitative estimate of drug-likeness (QED) is 0.151. The third kappa shape index (κ3) is 7.59. The first-order chi connectivity index (χ1) is 14.0. The van der Waals surface area contributed by atoms with Crippen LogP contribution in [0.5, 0.6) is 0 Å². The number of unbranched alkanes of at least 4 members (excludes halogenated alkanes) is 4. The van der Waals surface area contributed by atoms with Gasteiger partial charge in [0.15, 0.2) is 0 Å². The fourth-order valence-corrected chi connectivity index (χ4v) is 3.16. The van der Waals surface area contributed by atoms with Crippen LogP contribution in [0.25, 0.3) is 0 Å². The van der Waals surface area contributed by atoms with Crippen LogP contribution < -0.4 is 16.1 Å². The highest BCUT2D eigenvalue weighted by molar-refractivity contribution is 5.58. The molecule has 2 aromatic rings. The molecule has 29 heavy (non-hydrogen) atoms. The van der Waals surface area contributed by atoms with Gasteiger partial charge in [0.25, 0.3) is 5.69 Å². The van der Waals surface area contributed by atoms with E-state index in [-0.39, 0.29) is 10.6 Å². The van der Waals surface area contributed by atoms with Crippen molar-refractivity contribution in [1.82, 2.24) is 0 Å². The molecule has 0 aliphatic carbocycles. The number of hydrogen-bond acceptors (Lipinski definition) is 7. The van der Waals surface area contributed by atoms with E-state index in [1.165, 1.54) is 18.9 Å². The molecule has 0 heterocycles. The maximum atomic E-state index is 10.8. The summed E-state index contributed by atoms with van der Waals surface area (Å²) in [5.41, 5.74) is 7.24. The van der Waals surface area contributed by atoms with Gasteiger partial charge in [0.2, 0.25) is 0 Å². The SMILES string of the molecule is Cc1cc(NOO)ccc1NCCCCCCCNc1ccc([N+](=O)[O-])cc1C. The summed E-state index contributed by atoms with van der Waals surface area (Å²) in [5.74, 6) is 0. The molecule has 0 aromatic heterocycles. The van der Waals surface area contributed by atoms with Gasteiger partial charge in [0.05, 0.1) is 10.6 Å². The first-order valence-electron chi connectivity index (χ1n) is 9.91. The molecular formula is C21H30N4O4. The Morgan fingerprint density at radius 2 is 1.45 bits per heavy atom. The average Bonchev–Trinajstić information content (AvgIpc) is 2.69. The number of nitro benzene ring substituents is 1. The first-order valence-corrected chi connectivity index (χ1v) is 9.91. The van der Waals surface area contributed by atoms with Crippen LogP contribution in [-0.2, 0) is 4.99 Å². The number of nitro groups is 1. The minimum atomic E-state index is -0.370. The van der Waals surface area contributed by atoms with Crippen molar-refractivity contribution in [3.63, 3.8) is 0 Å². The van der Waals surface area contributed by atoms with Gasteiger partial charge in [-0.15, -0.1) is 4.99 Å². The third-order valence-corrected chi connectivity index (χ3v) is 4.80. The highest BCUT2D eigenvalue weighted by atomic mass is 17.2. The minimum absolute atomic E-state index is 0.128. The van der Waals surface area contributed by atoms with Gasteiger partial charge in [-0.2, -0.15) is 0 Å². The molecule has 8 heteroatoms. The van der Waals surface area contributed by atoms with Crippen LogP contribution in [0.15, 0.2) is 36.4 Å². The van der Waals surface area contributed by atoms with Crippen LogP contribution in [0.4, 0.5) is 22.7 Å². The molecule has 0 atom stereocenters. The standard InChI is InChI=1S/C21H30N4O4/c1-16-14-18(24-29-28)8-10-20(16)22-12-6-4-3-5-7-13-23-21-11-9-19(25(26)27)15-17(21)2/h8-11,14-15,22-24,28H,3-7,12-13H2,1-2H3. The monoisotopic (exact) mass is 402 g/mol. The van der Waals surface area contributed by atoms with Crippen molar-refractivity contribution in [2.75, 3.05) is 29.2 Å². The van der Waals surface area contributed by atoms with E-state index in [1.54, 1.807) is 12.1 Å². The Hall–Kier alpha value is -2.84. The molecule has 0 amide bonds. The van der Waals surface area contributed by atoms with Gasteiger partial charge < -0.3 is 10.6 Å². The smallest absolute Gasteiger partial charge is 0.269 e. The maximum absolute atomic E-state index is 10.8. The zero-order chi connectivity index (χ0) is 21.1. The Morgan fingerprint density at radius 3 is 1.97 bits per heavy atom. The summed E-state index contributed by atoms with van der Waals surface area (Å²) < 4.78 is 0. The van der Waals surface area contributed by atoms with Crippen LogP contribution in [0.3, 0.4) is 0 Å². The second-order valence-corrected chi connectivity index (χ2v) is 7.10. The second kappa shape index (κ2) is 11.9. The number of nitrogens with zero attached hydrogens (tertiary/aromatic N) is 1. The minimum Gasteiger partial charge on any atom is -0.385 e. The molecule has 158 valence electrons. The lowest BCUT2D eigenvalue weighted by Gasteiger charge is -2.11. The van der Waals surface area contributed by atoms with Gasteiger partial charge in [0, 0.05) is 36.6 Å². The number of rotatable bonds is 13. The van der Waals surface area contributed by atoms with Crippen molar-refractivity contribution in [2.24, 2.45) is 0 Å². The molecular weight excluding hydrogens is 372 g/mol. The number of benzene rings is 2.